The Morgan fingerprint density at radius 2 is 2.05 bits per heavy atom. The Kier molecular flexibility index (Phi) is 4.89. The number of alkyl halides is 1. The van der Waals surface area contributed by atoms with Gasteiger partial charge >= 0.3 is 0 Å². The fourth-order valence-electron chi connectivity index (χ4n) is 1.94. The van der Waals surface area contributed by atoms with E-state index >= 15 is 0 Å². The van der Waals surface area contributed by atoms with E-state index in [1.807, 2.05) is 0 Å². The molecule has 0 saturated carbocycles. The lowest BCUT2D eigenvalue weighted by Crippen LogP contribution is -2.15. The molecular weight excluding hydrogens is 328 g/mol. The Hall–Kier alpha value is -2.25. The van der Waals surface area contributed by atoms with Gasteiger partial charge in [-0.25, -0.2) is 0 Å². The molecule has 1 heterocycles. The highest BCUT2D eigenvalue weighted by Crippen LogP contribution is 2.32. The number of thiophene rings is 1. The topological polar surface area (TPSA) is 89.3 Å². The fraction of sp³-hybridized carbons (Fsp3) is 0.143. The maximum atomic E-state index is 12.7. The molecule has 1 N–H and O–H groups in total. The Labute approximate surface area is 134 Å². The highest BCUT2D eigenvalue weighted by atomic mass is 35.5. The average molecular weight is 339 g/mol. The summed E-state index contributed by atoms with van der Waals surface area (Å²) in [6.07, 6.45) is 0. The van der Waals surface area contributed by atoms with Gasteiger partial charge in [-0.3, -0.25) is 19.7 Å². The third-order valence-corrected chi connectivity index (χ3v) is 4.18. The van der Waals surface area contributed by atoms with Crippen molar-refractivity contribution in [1.82, 2.24) is 0 Å². The molecular formula is C14H11ClN2O4S. The number of carbonyl (C=O) groups is 2. The first-order chi connectivity index (χ1) is 10.5. The summed E-state index contributed by atoms with van der Waals surface area (Å²) < 4.78 is 0. The zero-order valence-electron chi connectivity index (χ0n) is 11.5. The standard InChI is InChI=1S/C14H11ClN2O4S/c1-8-7-22-14(16-11(18)6-15)12(8)13(19)9-4-2-3-5-10(9)17(20)21/h2-5,7H,6H2,1H3,(H,16,18). The van der Waals surface area contributed by atoms with Crippen LogP contribution in [0, 0.1) is 17.0 Å². The van der Waals surface area contributed by atoms with Gasteiger partial charge in [-0.2, -0.15) is 0 Å². The minimum absolute atomic E-state index is 0.0182. The van der Waals surface area contributed by atoms with Crippen LogP contribution >= 0.6 is 22.9 Å². The second-order valence-electron chi connectivity index (χ2n) is 4.41. The monoisotopic (exact) mass is 338 g/mol. The number of amides is 1. The quantitative estimate of drug-likeness (QED) is 0.391. The van der Waals surface area contributed by atoms with Crippen LogP contribution in [0.1, 0.15) is 21.5 Å². The van der Waals surface area contributed by atoms with Crippen LogP contribution in [0.25, 0.3) is 0 Å². The molecule has 2 aromatic rings. The zero-order chi connectivity index (χ0) is 16.3. The van der Waals surface area contributed by atoms with Crippen molar-refractivity contribution in [3.63, 3.8) is 0 Å². The number of anilines is 1. The van der Waals surface area contributed by atoms with Crippen LogP contribution in [0.3, 0.4) is 0 Å². The van der Waals surface area contributed by atoms with E-state index in [9.17, 15) is 19.7 Å². The molecule has 0 bridgehead atoms. The van der Waals surface area contributed by atoms with Gasteiger partial charge in [0, 0.05) is 6.07 Å². The molecule has 0 spiro atoms. The number of halogens is 1. The zero-order valence-corrected chi connectivity index (χ0v) is 13.0. The van der Waals surface area contributed by atoms with Gasteiger partial charge in [0.05, 0.1) is 10.5 Å². The second-order valence-corrected chi connectivity index (χ2v) is 5.55. The molecule has 0 saturated heterocycles. The average Bonchev–Trinajstić information content (AvgIpc) is 2.87. The lowest BCUT2D eigenvalue weighted by Gasteiger charge is -2.06. The van der Waals surface area contributed by atoms with Crippen LogP contribution in [-0.4, -0.2) is 22.5 Å². The number of nitrogens with one attached hydrogen (secondary N) is 1. The van der Waals surface area contributed by atoms with Gasteiger partial charge < -0.3 is 5.32 Å². The molecule has 0 radical (unpaired) electrons. The summed E-state index contributed by atoms with van der Waals surface area (Å²) in [5.41, 5.74) is 0.596. The van der Waals surface area contributed by atoms with E-state index in [0.717, 1.165) is 0 Å². The number of hydrogen-bond donors (Lipinski definition) is 1. The normalized spacial score (nSPS) is 10.3. The summed E-state index contributed by atoms with van der Waals surface area (Å²) in [6, 6.07) is 5.71. The number of para-hydroxylation sites is 1. The number of nitrogens with zero attached hydrogens (tertiary/aromatic N) is 1. The lowest BCUT2D eigenvalue weighted by molar-refractivity contribution is -0.385. The highest BCUT2D eigenvalue weighted by molar-refractivity contribution is 7.15. The molecule has 1 aromatic heterocycles. The van der Waals surface area contributed by atoms with Crippen LogP contribution in [0.5, 0.6) is 0 Å². The maximum absolute atomic E-state index is 12.7. The van der Waals surface area contributed by atoms with Gasteiger partial charge in [0.2, 0.25) is 11.7 Å². The molecule has 2 rings (SSSR count). The number of hydrogen-bond acceptors (Lipinski definition) is 5. The summed E-state index contributed by atoms with van der Waals surface area (Å²) in [4.78, 5) is 34.5. The van der Waals surface area contributed by atoms with E-state index in [-0.39, 0.29) is 22.7 Å². The molecule has 0 unspecified atom stereocenters. The van der Waals surface area contributed by atoms with Gasteiger partial charge in [0.1, 0.15) is 16.4 Å². The van der Waals surface area contributed by atoms with Crippen LogP contribution < -0.4 is 5.32 Å². The molecule has 0 aliphatic rings. The predicted molar refractivity (Wildman–Crippen MR) is 84.9 cm³/mol. The third kappa shape index (κ3) is 3.15. The van der Waals surface area contributed by atoms with Crippen molar-refractivity contribution in [2.75, 3.05) is 11.2 Å². The minimum atomic E-state index is -0.605. The fourth-order valence-corrected chi connectivity index (χ4v) is 2.96. The van der Waals surface area contributed by atoms with Gasteiger partial charge in [-0.15, -0.1) is 22.9 Å². The van der Waals surface area contributed by atoms with Crippen molar-refractivity contribution in [1.29, 1.82) is 0 Å². The van der Waals surface area contributed by atoms with Gasteiger partial charge in [0.15, 0.2) is 0 Å². The minimum Gasteiger partial charge on any atom is -0.316 e. The maximum Gasteiger partial charge on any atom is 0.280 e. The smallest absolute Gasteiger partial charge is 0.280 e. The van der Waals surface area contributed by atoms with Crippen LogP contribution in [-0.2, 0) is 4.79 Å². The first-order valence-corrected chi connectivity index (χ1v) is 7.59. The van der Waals surface area contributed by atoms with Crippen molar-refractivity contribution in [3.8, 4) is 0 Å². The van der Waals surface area contributed by atoms with E-state index in [0.29, 0.717) is 10.6 Å². The van der Waals surface area contributed by atoms with E-state index in [4.69, 9.17) is 11.6 Å². The molecule has 8 heteroatoms. The molecule has 6 nitrogen and oxygen atoms in total. The third-order valence-electron chi connectivity index (χ3n) is 2.92. The Bertz CT molecular complexity index is 757. The summed E-state index contributed by atoms with van der Waals surface area (Å²) in [5.74, 6) is -1.19. The van der Waals surface area contributed by atoms with Gasteiger partial charge in [-0.05, 0) is 23.9 Å². The number of benzene rings is 1. The SMILES string of the molecule is Cc1csc(NC(=O)CCl)c1C(=O)c1ccccc1[N+](=O)[O-]. The molecule has 0 atom stereocenters. The van der Waals surface area contributed by atoms with Crippen molar-refractivity contribution in [2.45, 2.75) is 6.92 Å². The second kappa shape index (κ2) is 6.67. The molecule has 114 valence electrons. The summed E-state index contributed by atoms with van der Waals surface area (Å²) >= 11 is 6.62. The van der Waals surface area contributed by atoms with Gasteiger partial charge in [-0.1, -0.05) is 12.1 Å². The van der Waals surface area contributed by atoms with E-state index in [1.165, 1.54) is 29.5 Å². The summed E-state index contributed by atoms with van der Waals surface area (Å²) in [5, 5.41) is 15.6. The molecule has 0 aliphatic carbocycles. The summed E-state index contributed by atoms with van der Waals surface area (Å²) in [6.45, 7) is 1.70. The van der Waals surface area contributed by atoms with Crippen LogP contribution in [0.4, 0.5) is 10.7 Å². The Morgan fingerprint density at radius 3 is 2.68 bits per heavy atom. The first kappa shape index (κ1) is 16.1. The Morgan fingerprint density at radius 1 is 1.36 bits per heavy atom. The molecule has 1 aromatic carbocycles. The number of ketones is 1. The van der Waals surface area contributed by atoms with Crippen LogP contribution in [0.2, 0.25) is 0 Å². The van der Waals surface area contributed by atoms with Crippen LogP contribution in [0.15, 0.2) is 29.6 Å². The first-order valence-electron chi connectivity index (χ1n) is 6.17. The van der Waals surface area contributed by atoms with Crippen molar-refractivity contribution in [3.05, 3.63) is 56.5 Å². The Balaban J connectivity index is 2.49. The summed E-state index contributed by atoms with van der Waals surface area (Å²) in [7, 11) is 0. The van der Waals surface area contributed by atoms with E-state index in [1.54, 1.807) is 18.4 Å². The van der Waals surface area contributed by atoms with Crippen molar-refractivity contribution >= 4 is 45.3 Å². The van der Waals surface area contributed by atoms with E-state index < -0.39 is 16.6 Å². The number of rotatable bonds is 5. The highest BCUT2D eigenvalue weighted by Gasteiger charge is 2.25. The molecule has 1 amide bonds. The number of nitro benzene ring substituents is 1. The molecule has 0 fully saturated rings. The number of aryl methyl sites for hydroxylation is 1. The van der Waals surface area contributed by atoms with E-state index in [2.05, 4.69) is 5.32 Å². The lowest BCUT2D eigenvalue weighted by atomic mass is 10.0. The predicted octanol–water partition coefficient (Wildman–Crippen LogP) is 3.37. The molecule has 22 heavy (non-hydrogen) atoms. The molecule has 0 aliphatic heterocycles. The number of nitro groups is 1. The largest absolute Gasteiger partial charge is 0.316 e. The van der Waals surface area contributed by atoms with Crippen molar-refractivity contribution < 1.29 is 14.5 Å². The van der Waals surface area contributed by atoms with Crippen molar-refractivity contribution in [2.24, 2.45) is 0 Å². The van der Waals surface area contributed by atoms with Gasteiger partial charge in [0.25, 0.3) is 5.69 Å². The number of carbonyl (C=O) groups excluding carboxylic acids is 2.